The molecule has 0 bridgehead atoms. The molecule has 19 heavy (non-hydrogen) atoms. The summed E-state index contributed by atoms with van der Waals surface area (Å²) in [7, 11) is 0. The average molecular weight is 269 g/mol. The van der Waals surface area contributed by atoms with Crippen molar-refractivity contribution >= 4 is 12.2 Å². The van der Waals surface area contributed by atoms with Crippen LogP contribution >= 0.6 is 0 Å². The zero-order valence-corrected chi connectivity index (χ0v) is 10.0. The molecule has 2 N–H and O–H groups in total. The van der Waals surface area contributed by atoms with Gasteiger partial charge in [0.2, 0.25) is 5.91 Å². The molecule has 0 saturated carbocycles. The van der Waals surface area contributed by atoms with Crippen LogP contribution in [0.25, 0.3) is 0 Å². The van der Waals surface area contributed by atoms with Gasteiger partial charge in [0.1, 0.15) is 24.1 Å². The van der Waals surface area contributed by atoms with Gasteiger partial charge >= 0.3 is 0 Å². The largest absolute Gasteiger partial charge is 0.373 e. The van der Waals surface area contributed by atoms with Crippen molar-refractivity contribution < 1.29 is 23.5 Å². The predicted octanol–water partition coefficient (Wildman–Crippen LogP) is 1.02. The second kappa shape index (κ2) is 5.44. The van der Waals surface area contributed by atoms with Gasteiger partial charge in [-0.1, -0.05) is 0 Å². The minimum absolute atomic E-state index is 0.0714. The number of halogens is 2. The second-order valence-electron chi connectivity index (χ2n) is 4.50. The van der Waals surface area contributed by atoms with E-state index in [0.29, 0.717) is 6.29 Å². The van der Waals surface area contributed by atoms with E-state index in [2.05, 4.69) is 5.32 Å². The fraction of sp³-hybridized carbons (Fsp3) is 0.385. The third-order valence-corrected chi connectivity index (χ3v) is 3.20. The summed E-state index contributed by atoms with van der Waals surface area (Å²) >= 11 is 0. The Hall–Kier alpha value is -1.82. The molecule has 1 heterocycles. The fourth-order valence-corrected chi connectivity index (χ4v) is 2.29. The molecule has 102 valence electrons. The summed E-state index contributed by atoms with van der Waals surface area (Å²) in [6, 6.07) is 2.16. The second-order valence-corrected chi connectivity index (χ2v) is 4.50. The number of aliphatic hydroxyl groups is 1. The van der Waals surface area contributed by atoms with Crippen molar-refractivity contribution in [3.8, 4) is 0 Å². The third kappa shape index (κ3) is 2.78. The number of carbonyl (C=O) groups is 2. The molecule has 2 unspecified atom stereocenters. The van der Waals surface area contributed by atoms with Gasteiger partial charge < -0.3 is 15.2 Å². The van der Waals surface area contributed by atoms with E-state index >= 15 is 0 Å². The Bertz CT molecular complexity index is 496. The van der Waals surface area contributed by atoms with Crippen molar-refractivity contribution in [1.29, 1.82) is 0 Å². The molecule has 0 aliphatic carbocycles. The first-order chi connectivity index (χ1) is 9.02. The summed E-state index contributed by atoms with van der Waals surface area (Å²) in [6.07, 6.45) is -0.534. The monoisotopic (exact) mass is 269 g/mol. The maximum atomic E-state index is 13.9. The number of nitrogens with one attached hydrogen (secondary N) is 1. The van der Waals surface area contributed by atoms with Gasteiger partial charge in [-0.25, -0.2) is 8.78 Å². The minimum atomic E-state index is -1.30. The van der Waals surface area contributed by atoms with Crippen LogP contribution in [-0.2, 0) is 16.0 Å². The van der Waals surface area contributed by atoms with Crippen molar-refractivity contribution in [2.75, 3.05) is 0 Å². The van der Waals surface area contributed by atoms with Gasteiger partial charge in [-0.15, -0.1) is 0 Å². The van der Waals surface area contributed by atoms with E-state index in [0.717, 1.165) is 12.1 Å². The summed E-state index contributed by atoms with van der Waals surface area (Å²) in [4.78, 5) is 21.4. The average Bonchev–Trinajstić information content (AvgIpc) is 2.31. The molecule has 4 nitrogen and oxygen atoms in total. The van der Waals surface area contributed by atoms with Gasteiger partial charge in [0, 0.05) is 24.3 Å². The van der Waals surface area contributed by atoms with Crippen molar-refractivity contribution in [3.05, 3.63) is 34.9 Å². The molecule has 1 amide bonds. The van der Waals surface area contributed by atoms with Crippen LogP contribution in [-0.4, -0.2) is 23.5 Å². The van der Waals surface area contributed by atoms with Gasteiger partial charge in [-0.2, -0.15) is 0 Å². The quantitative estimate of drug-likeness (QED) is 0.805. The van der Waals surface area contributed by atoms with E-state index in [1.165, 1.54) is 0 Å². The first kappa shape index (κ1) is 13.6. The SMILES string of the molecule is O=CCc1cc(F)c(C2CCC(=O)NC2O)c(F)c1. The predicted molar refractivity (Wildman–Crippen MR) is 62.3 cm³/mol. The topological polar surface area (TPSA) is 66.4 Å². The molecule has 1 aromatic carbocycles. The van der Waals surface area contributed by atoms with Gasteiger partial charge in [0.15, 0.2) is 0 Å². The molecule has 6 heteroatoms. The van der Waals surface area contributed by atoms with Crippen molar-refractivity contribution in [2.45, 2.75) is 31.4 Å². The number of aliphatic hydroxyl groups excluding tert-OH is 1. The molecule has 0 aromatic heterocycles. The van der Waals surface area contributed by atoms with Crippen molar-refractivity contribution in [1.82, 2.24) is 5.32 Å². The van der Waals surface area contributed by atoms with Crippen LogP contribution in [0.15, 0.2) is 12.1 Å². The number of rotatable bonds is 3. The Morgan fingerprint density at radius 3 is 2.53 bits per heavy atom. The lowest BCUT2D eigenvalue weighted by Gasteiger charge is -2.29. The van der Waals surface area contributed by atoms with Crippen molar-refractivity contribution in [3.63, 3.8) is 0 Å². The number of hydrogen-bond donors (Lipinski definition) is 2. The Morgan fingerprint density at radius 1 is 1.37 bits per heavy atom. The highest BCUT2D eigenvalue weighted by Crippen LogP contribution is 2.32. The number of benzene rings is 1. The molecule has 0 radical (unpaired) electrons. The Labute approximate surface area is 108 Å². The zero-order valence-electron chi connectivity index (χ0n) is 10.0. The Kier molecular flexibility index (Phi) is 3.90. The molecule has 0 spiro atoms. The summed E-state index contributed by atoms with van der Waals surface area (Å²) in [5.41, 5.74) is -0.00904. The zero-order chi connectivity index (χ0) is 14.0. The highest BCUT2D eigenvalue weighted by atomic mass is 19.1. The van der Waals surface area contributed by atoms with Gasteiger partial charge in [-0.3, -0.25) is 4.79 Å². The summed E-state index contributed by atoms with van der Waals surface area (Å²) in [5.74, 6) is -2.78. The summed E-state index contributed by atoms with van der Waals surface area (Å²) in [6.45, 7) is 0. The van der Waals surface area contributed by atoms with Gasteiger partial charge in [0.05, 0.1) is 0 Å². The van der Waals surface area contributed by atoms with E-state index < -0.39 is 23.8 Å². The highest BCUT2D eigenvalue weighted by molar-refractivity contribution is 5.77. The molecule has 2 atom stereocenters. The molecular weight excluding hydrogens is 256 g/mol. The lowest BCUT2D eigenvalue weighted by Crippen LogP contribution is -2.44. The lowest BCUT2D eigenvalue weighted by atomic mass is 9.88. The molecule has 1 saturated heterocycles. The van der Waals surface area contributed by atoms with Crippen LogP contribution in [0.2, 0.25) is 0 Å². The number of carbonyl (C=O) groups excluding carboxylic acids is 2. The van der Waals surface area contributed by atoms with Gasteiger partial charge in [0.25, 0.3) is 0 Å². The maximum Gasteiger partial charge on any atom is 0.222 e. The number of hydrogen-bond acceptors (Lipinski definition) is 3. The van der Waals surface area contributed by atoms with E-state index in [9.17, 15) is 23.5 Å². The fourth-order valence-electron chi connectivity index (χ4n) is 2.29. The molecular formula is C13H13F2NO3. The van der Waals surface area contributed by atoms with Crippen LogP contribution in [0.1, 0.15) is 29.9 Å². The minimum Gasteiger partial charge on any atom is -0.373 e. The van der Waals surface area contributed by atoms with Crippen LogP contribution in [0.4, 0.5) is 8.78 Å². The van der Waals surface area contributed by atoms with Crippen LogP contribution in [0.3, 0.4) is 0 Å². The Balaban J connectivity index is 2.34. The maximum absolute atomic E-state index is 13.9. The molecule has 1 fully saturated rings. The third-order valence-electron chi connectivity index (χ3n) is 3.20. The number of aldehydes is 1. The number of amides is 1. The smallest absolute Gasteiger partial charge is 0.222 e. The van der Waals surface area contributed by atoms with E-state index in [1.54, 1.807) is 0 Å². The van der Waals surface area contributed by atoms with E-state index in [4.69, 9.17) is 0 Å². The number of piperidine rings is 1. The standard InChI is InChI=1S/C13H13F2NO3/c14-9-5-7(3-4-17)6-10(15)12(9)8-1-2-11(18)16-13(8)19/h4-6,8,13,19H,1-3H2,(H,16,18). The molecule has 1 aliphatic rings. The Morgan fingerprint density at radius 2 is 2.00 bits per heavy atom. The van der Waals surface area contributed by atoms with E-state index in [1.807, 2.05) is 0 Å². The summed E-state index contributed by atoms with van der Waals surface area (Å²) in [5, 5.41) is 11.9. The molecule has 1 aliphatic heterocycles. The van der Waals surface area contributed by atoms with Crippen LogP contribution < -0.4 is 5.32 Å². The first-order valence-corrected chi connectivity index (χ1v) is 5.91. The summed E-state index contributed by atoms with van der Waals surface area (Å²) < 4.78 is 27.8. The lowest BCUT2D eigenvalue weighted by molar-refractivity contribution is -0.127. The normalized spacial score (nSPS) is 23.0. The van der Waals surface area contributed by atoms with Crippen molar-refractivity contribution in [2.24, 2.45) is 0 Å². The van der Waals surface area contributed by atoms with E-state index in [-0.39, 0.29) is 36.3 Å². The van der Waals surface area contributed by atoms with Crippen LogP contribution in [0, 0.1) is 11.6 Å². The molecule has 2 rings (SSSR count). The molecule has 1 aromatic rings. The van der Waals surface area contributed by atoms with Crippen LogP contribution in [0.5, 0.6) is 0 Å². The first-order valence-electron chi connectivity index (χ1n) is 5.91. The van der Waals surface area contributed by atoms with Gasteiger partial charge in [-0.05, 0) is 24.1 Å². The highest BCUT2D eigenvalue weighted by Gasteiger charge is 2.32.